The zero-order chi connectivity index (χ0) is 21.5. The van der Waals surface area contributed by atoms with E-state index in [2.05, 4.69) is 34.3 Å². The molecule has 0 saturated carbocycles. The monoisotopic (exact) mass is 443 g/mol. The molecule has 0 aliphatic rings. The molecule has 3 aromatic rings. The van der Waals surface area contributed by atoms with Crippen molar-refractivity contribution in [1.82, 2.24) is 14.8 Å². The third-order valence-corrected chi connectivity index (χ3v) is 5.97. The lowest BCUT2D eigenvalue weighted by Crippen LogP contribution is -2.21. The fourth-order valence-electron chi connectivity index (χ4n) is 3.16. The predicted molar refractivity (Wildman–Crippen MR) is 125 cm³/mol. The van der Waals surface area contributed by atoms with E-state index in [-0.39, 0.29) is 11.7 Å². The molecule has 1 aromatic heterocycles. The number of nitrogens with one attached hydrogen (secondary N) is 1. The zero-order valence-corrected chi connectivity index (χ0v) is 19.0. The minimum absolute atomic E-state index is 0.0747. The van der Waals surface area contributed by atoms with Crippen LogP contribution in [0.5, 0.6) is 0 Å². The van der Waals surface area contributed by atoms with Gasteiger partial charge >= 0.3 is 0 Å². The molecule has 3 rings (SSSR count). The fourth-order valence-corrected chi connectivity index (χ4v) is 4.09. The smallest absolute Gasteiger partial charge is 0.234 e. The Morgan fingerprint density at radius 3 is 2.30 bits per heavy atom. The first kappa shape index (κ1) is 22.2. The first-order valence-corrected chi connectivity index (χ1v) is 11.4. The Bertz CT molecular complexity index is 968. The molecule has 1 heterocycles. The number of benzene rings is 2. The van der Waals surface area contributed by atoms with Gasteiger partial charge in [-0.05, 0) is 69.3 Å². The highest BCUT2D eigenvalue weighted by Crippen LogP contribution is 2.25. The summed E-state index contributed by atoms with van der Waals surface area (Å²) in [5.74, 6) is 0.953. The molecule has 0 saturated heterocycles. The summed E-state index contributed by atoms with van der Waals surface area (Å²) in [5.41, 5.74) is 2.88. The van der Waals surface area contributed by atoms with Crippen molar-refractivity contribution in [2.75, 3.05) is 29.1 Å². The van der Waals surface area contributed by atoms with Gasteiger partial charge in [-0.2, -0.15) is 0 Å². The molecule has 0 bridgehead atoms. The number of carbonyl (C=O) groups is 1. The molecule has 1 N–H and O–H groups in total. The van der Waals surface area contributed by atoms with Crippen molar-refractivity contribution in [1.29, 1.82) is 0 Å². The third kappa shape index (κ3) is 5.34. The predicted octanol–water partition coefficient (Wildman–Crippen LogP) is 5.20. The van der Waals surface area contributed by atoms with Gasteiger partial charge in [0.25, 0.3) is 0 Å². The first-order valence-electron chi connectivity index (χ1n) is 10.0. The van der Waals surface area contributed by atoms with Crippen molar-refractivity contribution >= 4 is 40.6 Å². The maximum Gasteiger partial charge on any atom is 0.234 e. The molecule has 6 nitrogen and oxygen atoms in total. The quantitative estimate of drug-likeness (QED) is 0.461. The summed E-state index contributed by atoms with van der Waals surface area (Å²) in [5, 5.41) is 12.9. The number of thioether (sulfide) groups is 1. The number of carbonyl (C=O) groups excluding carboxylic acids is 1. The average Bonchev–Trinajstić information content (AvgIpc) is 3.18. The minimum Gasteiger partial charge on any atom is -0.372 e. The van der Waals surface area contributed by atoms with E-state index < -0.39 is 0 Å². The van der Waals surface area contributed by atoms with E-state index in [9.17, 15) is 4.79 Å². The molecule has 0 atom stereocenters. The van der Waals surface area contributed by atoms with Crippen LogP contribution in [0.1, 0.15) is 20.8 Å². The zero-order valence-electron chi connectivity index (χ0n) is 17.4. The Labute approximate surface area is 186 Å². The van der Waals surface area contributed by atoms with Gasteiger partial charge < -0.3 is 14.8 Å². The van der Waals surface area contributed by atoms with E-state index in [1.54, 1.807) is 0 Å². The summed E-state index contributed by atoms with van der Waals surface area (Å²) >= 11 is 7.35. The number of hydrogen-bond donors (Lipinski definition) is 1. The number of halogens is 1. The second-order valence-electron chi connectivity index (χ2n) is 6.61. The largest absolute Gasteiger partial charge is 0.372 e. The highest BCUT2D eigenvalue weighted by atomic mass is 35.5. The van der Waals surface area contributed by atoms with Crippen molar-refractivity contribution in [3.05, 3.63) is 53.6 Å². The summed E-state index contributed by atoms with van der Waals surface area (Å²) in [6, 6.07) is 15.4. The highest BCUT2D eigenvalue weighted by Gasteiger charge is 2.15. The van der Waals surface area contributed by atoms with Crippen LogP contribution in [0.3, 0.4) is 0 Å². The Balaban J connectivity index is 1.61. The van der Waals surface area contributed by atoms with Gasteiger partial charge in [-0.15, -0.1) is 10.2 Å². The standard InChI is InChI=1S/C22H26ClN5OS/c1-4-27(5-2)19-13-11-18(12-14-19)24-20(29)15-30-22-26-25-21(28(22)6-3)16-7-9-17(23)10-8-16/h7-14H,4-6,15H2,1-3H3,(H,24,29). The average molecular weight is 444 g/mol. The van der Waals surface area contributed by atoms with Crippen LogP contribution in [0, 0.1) is 0 Å². The molecule has 30 heavy (non-hydrogen) atoms. The summed E-state index contributed by atoms with van der Waals surface area (Å²) in [6.07, 6.45) is 0. The van der Waals surface area contributed by atoms with E-state index in [0.29, 0.717) is 11.6 Å². The van der Waals surface area contributed by atoms with Gasteiger partial charge in [0.1, 0.15) is 0 Å². The second-order valence-corrected chi connectivity index (χ2v) is 7.99. The molecule has 2 aromatic carbocycles. The Hall–Kier alpha value is -2.51. The summed E-state index contributed by atoms with van der Waals surface area (Å²) in [4.78, 5) is 14.7. The van der Waals surface area contributed by atoms with E-state index in [1.807, 2.05) is 60.0 Å². The first-order chi connectivity index (χ1) is 14.5. The molecule has 158 valence electrons. The number of hydrogen-bond acceptors (Lipinski definition) is 5. The van der Waals surface area contributed by atoms with E-state index in [1.165, 1.54) is 11.8 Å². The molecule has 0 radical (unpaired) electrons. The van der Waals surface area contributed by atoms with Gasteiger partial charge in [0.15, 0.2) is 11.0 Å². The maximum absolute atomic E-state index is 12.4. The lowest BCUT2D eigenvalue weighted by atomic mass is 10.2. The summed E-state index contributed by atoms with van der Waals surface area (Å²) < 4.78 is 2.00. The minimum atomic E-state index is -0.0747. The molecule has 0 unspecified atom stereocenters. The van der Waals surface area contributed by atoms with Gasteiger partial charge in [-0.25, -0.2) is 0 Å². The SMILES string of the molecule is CCN(CC)c1ccc(NC(=O)CSc2nnc(-c3ccc(Cl)cc3)n2CC)cc1. The summed E-state index contributed by atoms with van der Waals surface area (Å²) in [6.45, 7) is 8.91. The normalized spacial score (nSPS) is 10.8. The number of nitrogens with zero attached hydrogens (tertiary/aromatic N) is 4. The van der Waals surface area contributed by atoms with Gasteiger partial charge in [-0.3, -0.25) is 4.79 Å². The number of amides is 1. The lowest BCUT2D eigenvalue weighted by molar-refractivity contribution is -0.113. The second kappa shape index (κ2) is 10.5. The van der Waals surface area contributed by atoms with E-state index >= 15 is 0 Å². The van der Waals surface area contributed by atoms with Crippen LogP contribution in [0.15, 0.2) is 53.7 Å². The molecule has 1 amide bonds. The van der Waals surface area contributed by atoms with Gasteiger partial charge in [-0.1, -0.05) is 23.4 Å². The third-order valence-electron chi connectivity index (χ3n) is 4.75. The number of anilines is 2. The van der Waals surface area contributed by atoms with E-state index in [4.69, 9.17) is 11.6 Å². The molecule has 0 aliphatic carbocycles. The van der Waals surface area contributed by atoms with Crippen LogP contribution in [0.2, 0.25) is 5.02 Å². The molecular formula is C22H26ClN5OS. The van der Waals surface area contributed by atoms with E-state index in [0.717, 1.165) is 41.0 Å². The van der Waals surface area contributed by atoms with Crippen molar-refractivity contribution in [2.24, 2.45) is 0 Å². The fraction of sp³-hybridized carbons (Fsp3) is 0.318. The van der Waals surface area contributed by atoms with Gasteiger partial charge in [0, 0.05) is 41.6 Å². The Morgan fingerprint density at radius 1 is 1.03 bits per heavy atom. The topological polar surface area (TPSA) is 63.1 Å². The van der Waals surface area contributed by atoms with Crippen LogP contribution in [-0.2, 0) is 11.3 Å². The molecule has 0 spiro atoms. The molecular weight excluding hydrogens is 418 g/mol. The molecule has 8 heteroatoms. The van der Waals surface area contributed by atoms with Crippen molar-refractivity contribution in [3.8, 4) is 11.4 Å². The van der Waals surface area contributed by atoms with Gasteiger partial charge in [0.2, 0.25) is 5.91 Å². The molecule has 0 aliphatic heterocycles. The van der Waals surface area contributed by atoms with Gasteiger partial charge in [0.05, 0.1) is 5.75 Å². The maximum atomic E-state index is 12.4. The Morgan fingerprint density at radius 2 is 1.70 bits per heavy atom. The number of aromatic nitrogens is 3. The lowest BCUT2D eigenvalue weighted by Gasteiger charge is -2.21. The van der Waals surface area contributed by atoms with Crippen molar-refractivity contribution in [3.63, 3.8) is 0 Å². The Kier molecular flexibility index (Phi) is 7.76. The van der Waals surface area contributed by atoms with Crippen LogP contribution in [0.25, 0.3) is 11.4 Å². The van der Waals surface area contributed by atoms with Crippen LogP contribution < -0.4 is 10.2 Å². The van der Waals surface area contributed by atoms with Crippen molar-refractivity contribution in [2.45, 2.75) is 32.5 Å². The van der Waals surface area contributed by atoms with Crippen LogP contribution in [0.4, 0.5) is 11.4 Å². The van der Waals surface area contributed by atoms with Crippen LogP contribution in [-0.4, -0.2) is 39.5 Å². The highest BCUT2D eigenvalue weighted by molar-refractivity contribution is 7.99. The van der Waals surface area contributed by atoms with Crippen LogP contribution >= 0.6 is 23.4 Å². The summed E-state index contributed by atoms with van der Waals surface area (Å²) in [7, 11) is 0. The number of rotatable bonds is 9. The van der Waals surface area contributed by atoms with Crippen molar-refractivity contribution < 1.29 is 4.79 Å². The molecule has 0 fully saturated rings.